The van der Waals surface area contributed by atoms with E-state index >= 15 is 0 Å². The minimum Gasteiger partial charge on any atom is -0.505 e. The first-order chi connectivity index (χ1) is 9.60. The Balaban J connectivity index is 2.38. The van der Waals surface area contributed by atoms with E-state index in [9.17, 15) is 13.5 Å². The minimum absolute atomic E-state index is 0.102. The molecule has 4 nitrogen and oxygen atoms in total. The highest BCUT2D eigenvalue weighted by atomic mass is 32.2. The van der Waals surface area contributed by atoms with Crippen molar-refractivity contribution in [1.29, 1.82) is 0 Å². The molecule has 0 aliphatic rings. The number of hydrogen-bond donors (Lipinski definition) is 1. The van der Waals surface area contributed by atoms with Crippen molar-refractivity contribution in [2.45, 2.75) is 9.79 Å². The maximum Gasteiger partial charge on any atom is 0.210 e. The molecule has 0 unspecified atom stereocenters. The second-order valence-electron chi connectivity index (χ2n) is 4.31. The molecule has 0 saturated heterocycles. The molecule has 2 aromatic carbocycles. The summed E-state index contributed by atoms with van der Waals surface area (Å²) < 4.78 is 25.4. The zero-order valence-corrected chi connectivity index (χ0v) is 11.2. The van der Waals surface area contributed by atoms with Gasteiger partial charge in [-0.3, -0.25) is 4.98 Å². The van der Waals surface area contributed by atoms with Crippen molar-refractivity contribution in [2.24, 2.45) is 0 Å². The zero-order chi connectivity index (χ0) is 14.2. The van der Waals surface area contributed by atoms with E-state index in [0.717, 1.165) is 6.20 Å². The third kappa shape index (κ3) is 1.92. The molecular formula is C15H11NO3S. The first kappa shape index (κ1) is 12.6. The van der Waals surface area contributed by atoms with Gasteiger partial charge in [-0.2, -0.15) is 0 Å². The van der Waals surface area contributed by atoms with Crippen LogP contribution in [-0.4, -0.2) is 18.5 Å². The summed E-state index contributed by atoms with van der Waals surface area (Å²) >= 11 is 0. The van der Waals surface area contributed by atoms with E-state index in [-0.39, 0.29) is 15.5 Å². The molecule has 1 N–H and O–H groups in total. The predicted octanol–water partition coefficient (Wildman–Crippen LogP) is 2.77. The highest BCUT2D eigenvalue weighted by Crippen LogP contribution is 2.33. The van der Waals surface area contributed by atoms with Crippen LogP contribution in [0.3, 0.4) is 0 Å². The molecule has 3 rings (SSSR count). The lowest BCUT2D eigenvalue weighted by Gasteiger charge is -2.09. The van der Waals surface area contributed by atoms with Gasteiger partial charge in [-0.15, -0.1) is 0 Å². The van der Waals surface area contributed by atoms with Gasteiger partial charge >= 0.3 is 0 Å². The van der Waals surface area contributed by atoms with Gasteiger partial charge in [0.25, 0.3) is 0 Å². The lowest BCUT2D eigenvalue weighted by atomic mass is 10.2. The molecule has 0 fully saturated rings. The lowest BCUT2D eigenvalue weighted by Crippen LogP contribution is -2.03. The maximum absolute atomic E-state index is 12.7. The molecule has 1 aromatic heterocycles. The molecule has 100 valence electrons. The lowest BCUT2D eigenvalue weighted by molar-refractivity contribution is 0.458. The average Bonchev–Trinajstić information content (AvgIpc) is 2.47. The summed E-state index contributed by atoms with van der Waals surface area (Å²) in [7, 11) is -3.79. The van der Waals surface area contributed by atoms with Crippen LogP contribution in [-0.2, 0) is 9.84 Å². The van der Waals surface area contributed by atoms with Gasteiger partial charge in [0.05, 0.1) is 16.6 Å². The van der Waals surface area contributed by atoms with E-state index in [2.05, 4.69) is 4.98 Å². The standard InChI is InChI=1S/C15H11NO3S/c17-14-10-16-13-9-5-4-8-12(13)15(14)20(18,19)11-6-2-1-3-7-11/h1-10,17H. The van der Waals surface area contributed by atoms with Gasteiger partial charge in [-0.1, -0.05) is 36.4 Å². The number of para-hydroxylation sites is 1. The summed E-state index contributed by atoms with van der Waals surface area (Å²) in [5, 5.41) is 10.4. The van der Waals surface area contributed by atoms with E-state index in [1.807, 2.05) is 0 Å². The quantitative estimate of drug-likeness (QED) is 0.786. The summed E-state index contributed by atoms with van der Waals surface area (Å²) in [4.78, 5) is 4.08. The first-order valence-corrected chi connectivity index (χ1v) is 7.46. The van der Waals surface area contributed by atoms with Gasteiger partial charge < -0.3 is 5.11 Å². The fourth-order valence-electron chi connectivity index (χ4n) is 2.11. The fraction of sp³-hybridized carbons (Fsp3) is 0. The van der Waals surface area contributed by atoms with Gasteiger partial charge in [-0.05, 0) is 18.2 Å². The molecule has 0 radical (unpaired) electrons. The second-order valence-corrected chi connectivity index (χ2v) is 6.19. The van der Waals surface area contributed by atoms with Crippen LogP contribution in [0.1, 0.15) is 0 Å². The Morgan fingerprint density at radius 2 is 1.55 bits per heavy atom. The van der Waals surface area contributed by atoms with Crippen LogP contribution in [0.25, 0.3) is 10.9 Å². The number of nitrogens with zero attached hydrogens (tertiary/aromatic N) is 1. The molecular weight excluding hydrogens is 274 g/mol. The third-order valence-corrected chi connectivity index (χ3v) is 4.89. The summed E-state index contributed by atoms with van der Waals surface area (Å²) in [5.74, 6) is -0.340. The monoisotopic (exact) mass is 285 g/mol. The number of rotatable bonds is 2. The Hall–Kier alpha value is -2.40. The van der Waals surface area contributed by atoms with Crippen LogP contribution >= 0.6 is 0 Å². The van der Waals surface area contributed by atoms with Gasteiger partial charge in [0, 0.05) is 5.39 Å². The summed E-state index contributed by atoms with van der Waals surface area (Å²) in [5.41, 5.74) is 0.528. The molecule has 0 atom stereocenters. The maximum atomic E-state index is 12.7. The smallest absolute Gasteiger partial charge is 0.210 e. The second kappa shape index (κ2) is 4.61. The summed E-state index contributed by atoms with van der Waals surface area (Å²) in [6, 6.07) is 14.9. The predicted molar refractivity (Wildman–Crippen MR) is 75.3 cm³/mol. The van der Waals surface area contributed by atoms with E-state index in [0.29, 0.717) is 10.9 Å². The van der Waals surface area contributed by atoms with Gasteiger partial charge in [0.15, 0.2) is 5.75 Å². The number of fused-ring (bicyclic) bond motifs is 1. The van der Waals surface area contributed by atoms with Crippen molar-refractivity contribution in [3.8, 4) is 5.75 Å². The molecule has 0 spiro atoms. The van der Waals surface area contributed by atoms with E-state index in [1.165, 1.54) is 12.1 Å². The van der Waals surface area contributed by atoms with Gasteiger partial charge in [-0.25, -0.2) is 8.42 Å². The Morgan fingerprint density at radius 1 is 0.900 bits per heavy atom. The molecule has 0 bridgehead atoms. The normalized spacial score (nSPS) is 11.6. The molecule has 0 aliphatic carbocycles. The van der Waals surface area contributed by atoms with Crippen LogP contribution < -0.4 is 0 Å². The first-order valence-electron chi connectivity index (χ1n) is 5.97. The molecule has 0 amide bonds. The van der Waals surface area contributed by atoms with Crippen molar-refractivity contribution in [2.75, 3.05) is 0 Å². The number of sulfone groups is 1. The highest BCUT2D eigenvalue weighted by molar-refractivity contribution is 7.91. The minimum atomic E-state index is -3.79. The van der Waals surface area contributed by atoms with Crippen molar-refractivity contribution < 1.29 is 13.5 Å². The largest absolute Gasteiger partial charge is 0.505 e. The molecule has 0 saturated carbocycles. The van der Waals surface area contributed by atoms with Crippen LogP contribution in [0, 0.1) is 0 Å². The van der Waals surface area contributed by atoms with Crippen molar-refractivity contribution in [3.63, 3.8) is 0 Å². The van der Waals surface area contributed by atoms with Crippen LogP contribution in [0.5, 0.6) is 5.75 Å². The molecule has 20 heavy (non-hydrogen) atoms. The van der Waals surface area contributed by atoms with E-state index in [1.54, 1.807) is 42.5 Å². The topological polar surface area (TPSA) is 67.3 Å². The van der Waals surface area contributed by atoms with E-state index < -0.39 is 9.84 Å². The van der Waals surface area contributed by atoms with Crippen LogP contribution in [0.15, 0.2) is 70.6 Å². The van der Waals surface area contributed by atoms with Crippen molar-refractivity contribution >= 4 is 20.7 Å². The van der Waals surface area contributed by atoms with Gasteiger partial charge in [0.1, 0.15) is 4.90 Å². The number of aromatic hydroxyl groups is 1. The molecule has 1 heterocycles. The Kier molecular flexibility index (Phi) is 2.91. The summed E-state index contributed by atoms with van der Waals surface area (Å²) in [6.45, 7) is 0. The Morgan fingerprint density at radius 3 is 2.30 bits per heavy atom. The Labute approximate surface area is 116 Å². The fourth-order valence-corrected chi connectivity index (χ4v) is 3.65. The Bertz CT molecular complexity index is 874. The number of pyridine rings is 1. The van der Waals surface area contributed by atoms with Crippen LogP contribution in [0.2, 0.25) is 0 Å². The molecule has 5 heteroatoms. The molecule has 3 aromatic rings. The summed E-state index contributed by atoms with van der Waals surface area (Å²) in [6.07, 6.45) is 1.16. The SMILES string of the molecule is O=S(=O)(c1ccccc1)c1c(O)cnc2ccccc12. The highest BCUT2D eigenvalue weighted by Gasteiger charge is 2.24. The molecule has 0 aliphatic heterocycles. The van der Waals surface area contributed by atoms with Crippen LogP contribution in [0.4, 0.5) is 0 Å². The van der Waals surface area contributed by atoms with Crippen molar-refractivity contribution in [1.82, 2.24) is 4.98 Å². The number of aromatic nitrogens is 1. The number of hydrogen-bond acceptors (Lipinski definition) is 4. The number of benzene rings is 2. The van der Waals surface area contributed by atoms with Crippen molar-refractivity contribution in [3.05, 3.63) is 60.8 Å². The average molecular weight is 285 g/mol. The zero-order valence-electron chi connectivity index (χ0n) is 10.4. The van der Waals surface area contributed by atoms with E-state index in [4.69, 9.17) is 0 Å². The van der Waals surface area contributed by atoms with Gasteiger partial charge in [0.2, 0.25) is 9.84 Å². The third-order valence-electron chi connectivity index (χ3n) is 3.03.